The fourth-order valence-corrected chi connectivity index (χ4v) is 3.37. The second-order valence-electron chi connectivity index (χ2n) is 5.92. The Bertz CT molecular complexity index is 668. The van der Waals surface area contributed by atoms with E-state index in [9.17, 15) is 9.59 Å². The highest BCUT2D eigenvalue weighted by molar-refractivity contribution is 7.10. The zero-order valence-electron chi connectivity index (χ0n) is 14.5. The van der Waals surface area contributed by atoms with Gasteiger partial charge in [0.1, 0.15) is 0 Å². The van der Waals surface area contributed by atoms with Crippen LogP contribution in [-0.2, 0) is 16.0 Å². The van der Waals surface area contributed by atoms with Gasteiger partial charge in [-0.15, -0.1) is 11.3 Å². The first-order valence-corrected chi connectivity index (χ1v) is 9.38. The maximum atomic E-state index is 11.8. The lowest BCUT2D eigenvalue weighted by molar-refractivity contribution is -0.124. The smallest absolute Gasteiger partial charge is 0.236 e. The molecule has 1 aromatic carbocycles. The summed E-state index contributed by atoms with van der Waals surface area (Å²) in [5, 5.41) is 7.79. The monoisotopic (exact) mass is 359 g/mol. The van der Waals surface area contributed by atoms with E-state index in [1.54, 1.807) is 11.3 Å². The summed E-state index contributed by atoms with van der Waals surface area (Å²) in [6, 6.07) is 12.5. The number of amides is 2. The van der Waals surface area contributed by atoms with Gasteiger partial charge < -0.3 is 11.1 Å². The molecule has 134 valence electrons. The van der Waals surface area contributed by atoms with Crippen LogP contribution in [0, 0.1) is 0 Å². The lowest BCUT2D eigenvalue weighted by atomic mass is 10.0. The topological polar surface area (TPSA) is 84.2 Å². The van der Waals surface area contributed by atoms with Crippen molar-refractivity contribution in [3.8, 4) is 0 Å². The van der Waals surface area contributed by atoms with Crippen molar-refractivity contribution >= 4 is 23.2 Å². The number of thiophene rings is 1. The highest BCUT2D eigenvalue weighted by atomic mass is 32.1. The molecule has 0 spiro atoms. The van der Waals surface area contributed by atoms with E-state index >= 15 is 0 Å². The fourth-order valence-electron chi connectivity index (χ4n) is 2.54. The van der Waals surface area contributed by atoms with Crippen molar-refractivity contribution in [1.82, 2.24) is 10.6 Å². The summed E-state index contributed by atoms with van der Waals surface area (Å²) in [5.41, 5.74) is 7.49. The normalized spacial score (nSPS) is 11.9. The SMILES string of the molecule is CCCCc1ccc([C@@H](NCC(=O)NCC(N)=O)c2cccs2)cc1. The van der Waals surface area contributed by atoms with Crippen LogP contribution in [0.4, 0.5) is 0 Å². The lowest BCUT2D eigenvalue weighted by Gasteiger charge is -2.18. The minimum atomic E-state index is -0.550. The molecule has 0 aliphatic rings. The number of nitrogens with two attached hydrogens (primary N) is 1. The van der Waals surface area contributed by atoms with Gasteiger partial charge in [0.25, 0.3) is 0 Å². The Morgan fingerprint density at radius 2 is 1.92 bits per heavy atom. The van der Waals surface area contributed by atoms with Gasteiger partial charge in [0.15, 0.2) is 0 Å². The van der Waals surface area contributed by atoms with Crippen molar-refractivity contribution in [2.75, 3.05) is 13.1 Å². The zero-order chi connectivity index (χ0) is 18.1. The molecule has 0 aliphatic heterocycles. The van der Waals surface area contributed by atoms with Crippen molar-refractivity contribution < 1.29 is 9.59 Å². The predicted octanol–water partition coefficient (Wildman–Crippen LogP) is 2.37. The molecule has 2 amide bonds. The molecule has 0 saturated carbocycles. The number of hydrogen-bond donors (Lipinski definition) is 3. The van der Waals surface area contributed by atoms with Gasteiger partial charge in [-0.2, -0.15) is 0 Å². The standard InChI is InChI=1S/C19H25N3O2S/c1-2-3-5-14-7-9-15(10-8-14)19(16-6-4-11-25-16)22-13-18(24)21-12-17(20)23/h4,6-11,19,22H,2-3,5,12-13H2,1H3,(H2,20,23)(H,21,24)/t19-/m1/s1. The van der Waals surface area contributed by atoms with E-state index in [-0.39, 0.29) is 25.0 Å². The van der Waals surface area contributed by atoms with Crippen LogP contribution in [0.3, 0.4) is 0 Å². The van der Waals surface area contributed by atoms with Crippen molar-refractivity contribution in [3.63, 3.8) is 0 Å². The summed E-state index contributed by atoms with van der Waals surface area (Å²) in [5.74, 6) is -0.800. The predicted molar refractivity (Wildman–Crippen MR) is 101 cm³/mol. The van der Waals surface area contributed by atoms with Crippen LogP contribution < -0.4 is 16.4 Å². The number of hydrogen-bond acceptors (Lipinski definition) is 4. The molecular formula is C19H25N3O2S. The Balaban J connectivity index is 2.04. The third-order valence-corrected chi connectivity index (χ3v) is 4.82. The Kier molecular flexibility index (Phi) is 7.63. The molecule has 0 radical (unpaired) electrons. The van der Waals surface area contributed by atoms with E-state index in [0.29, 0.717) is 0 Å². The third kappa shape index (κ3) is 6.32. The maximum absolute atomic E-state index is 11.8. The van der Waals surface area contributed by atoms with Crippen LogP contribution in [0.1, 0.15) is 41.8 Å². The Hall–Kier alpha value is -2.18. The molecule has 25 heavy (non-hydrogen) atoms. The average molecular weight is 359 g/mol. The number of unbranched alkanes of at least 4 members (excludes halogenated alkanes) is 1. The molecule has 2 aromatic rings. The van der Waals surface area contributed by atoms with Gasteiger partial charge in [-0.3, -0.25) is 14.9 Å². The van der Waals surface area contributed by atoms with Crippen molar-refractivity contribution in [2.45, 2.75) is 32.2 Å². The van der Waals surface area contributed by atoms with Crippen molar-refractivity contribution in [3.05, 3.63) is 57.8 Å². The molecule has 0 unspecified atom stereocenters. The first-order valence-electron chi connectivity index (χ1n) is 8.50. The minimum Gasteiger partial charge on any atom is -0.368 e. The van der Waals surface area contributed by atoms with E-state index < -0.39 is 5.91 Å². The van der Waals surface area contributed by atoms with Crippen LogP contribution in [0.2, 0.25) is 0 Å². The van der Waals surface area contributed by atoms with Crippen LogP contribution in [0.25, 0.3) is 0 Å². The van der Waals surface area contributed by atoms with Gasteiger partial charge in [-0.05, 0) is 35.4 Å². The lowest BCUT2D eigenvalue weighted by Crippen LogP contribution is -2.39. The van der Waals surface area contributed by atoms with Crippen molar-refractivity contribution in [1.29, 1.82) is 0 Å². The Labute approximate surface area is 152 Å². The van der Waals surface area contributed by atoms with Gasteiger partial charge >= 0.3 is 0 Å². The maximum Gasteiger partial charge on any atom is 0.236 e. The first-order chi connectivity index (χ1) is 12.1. The summed E-state index contributed by atoms with van der Waals surface area (Å²) in [7, 11) is 0. The van der Waals surface area contributed by atoms with Crippen LogP contribution in [0.15, 0.2) is 41.8 Å². The number of benzene rings is 1. The van der Waals surface area contributed by atoms with Gasteiger partial charge in [0.2, 0.25) is 11.8 Å². The molecule has 0 fully saturated rings. The summed E-state index contributed by atoms with van der Waals surface area (Å²) in [6.45, 7) is 2.16. The highest BCUT2D eigenvalue weighted by Crippen LogP contribution is 2.26. The average Bonchev–Trinajstić information content (AvgIpc) is 3.13. The summed E-state index contributed by atoms with van der Waals surface area (Å²) in [6.07, 6.45) is 3.46. The number of carbonyl (C=O) groups is 2. The molecular weight excluding hydrogens is 334 g/mol. The van der Waals surface area contributed by atoms with Gasteiger partial charge in [0.05, 0.1) is 19.1 Å². The molecule has 0 saturated heterocycles. The van der Waals surface area contributed by atoms with Crippen molar-refractivity contribution in [2.24, 2.45) is 5.73 Å². The molecule has 0 aliphatic carbocycles. The number of nitrogens with one attached hydrogen (secondary N) is 2. The minimum absolute atomic E-state index is 0.0560. The molecule has 1 heterocycles. The van der Waals surface area contributed by atoms with Gasteiger partial charge in [-0.1, -0.05) is 43.7 Å². The molecule has 5 nitrogen and oxygen atoms in total. The van der Waals surface area contributed by atoms with Crippen LogP contribution >= 0.6 is 11.3 Å². The van der Waals surface area contributed by atoms with E-state index in [1.807, 2.05) is 11.4 Å². The number of rotatable bonds is 10. The van der Waals surface area contributed by atoms with Crippen LogP contribution in [-0.4, -0.2) is 24.9 Å². The fraction of sp³-hybridized carbons (Fsp3) is 0.368. The molecule has 1 atom stereocenters. The van der Waals surface area contributed by atoms with E-state index in [1.165, 1.54) is 18.4 Å². The molecule has 0 bridgehead atoms. The summed E-state index contributed by atoms with van der Waals surface area (Å²) < 4.78 is 0. The van der Waals surface area contributed by atoms with Crippen LogP contribution in [0.5, 0.6) is 0 Å². The van der Waals surface area contributed by atoms with E-state index in [0.717, 1.165) is 16.9 Å². The largest absolute Gasteiger partial charge is 0.368 e. The third-order valence-electron chi connectivity index (χ3n) is 3.89. The van der Waals surface area contributed by atoms with E-state index in [2.05, 4.69) is 47.9 Å². The summed E-state index contributed by atoms with van der Waals surface area (Å²) >= 11 is 1.65. The van der Waals surface area contributed by atoms with E-state index in [4.69, 9.17) is 5.73 Å². The summed E-state index contributed by atoms with van der Waals surface area (Å²) in [4.78, 5) is 23.7. The highest BCUT2D eigenvalue weighted by Gasteiger charge is 2.16. The number of aryl methyl sites for hydroxylation is 1. The quantitative estimate of drug-likeness (QED) is 0.609. The van der Waals surface area contributed by atoms with Gasteiger partial charge in [-0.25, -0.2) is 0 Å². The molecule has 6 heteroatoms. The second-order valence-corrected chi connectivity index (χ2v) is 6.90. The molecule has 4 N–H and O–H groups in total. The van der Waals surface area contributed by atoms with Gasteiger partial charge in [0, 0.05) is 4.88 Å². The number of carbonyl (C=O) groups excluding carboxylic acids is 2. The Morgan fingerprint density at radius 1 is 1.16 bits per heavy atom. The Morgan fingerprint density at radius 3 is 2.52 bits per heavy atom. The zero-order valence-corrected chi connectivity index (χ0v) is 15.3. The second kappa shape index (κ2) is 9.96. The number of primary amides is 1. The molecule has 2 rings (SSSR count). The first kappa shape index (κ1) is 19.1. The molecule has 1 aromatic heterocycles.